The Balaban J connectivity index is 1.15. The lowest BCUT2D eigenvalue weighted by atomic mass is 9.81. The lowest BCUT2D eigenvalue weighted by Gasteiger charge is -2.22. The highest BCUT2D eigenvalue weighted by Crippen LogP contribution is 2.50. The van der Waals surface area contributed by atoms with Crippen molar-refractivity contribution in [2.75, 3.05) is 0 Å². The van der Waals surface area contributed by atoms with E-state index in [2.05, 4.69) is 92.7 Å². The lowest BCUT2D eigenvalue weighted by Crippen LogP contribution is -2.15. The van der Waals surface area contributed by atoms with Gasteiger partial charge in [-0.05, 0) is 75.8 Å². The van der Waals surface area contributed by atoms with E-state index in [1.165, 1.54) is 22.3 Å². The zero-order chi connectivity index (χ0) is 31.4. The van der Waals surface area contributed by atoms with Gasteiger partial charge in [0.25, 0.3) is 0 Å². The van der Waals surface area contributed by atoms with Gasteiger partial charge in [-0.15, -0.1) is 0 Å². The molecule has 0 fully saturated rings. The summed E-state index contributed by atoms with van der Waals surface area (Å²) in [4.78, 5) is 5.35. The predicted octanol–water partition coefficient (Wildman–Crippen LogP) is 11.5. The number of aromatic nitrogens is 1. The molecule has 6 aromatic carbocycles. The second-order valence-electron chi connectivity index (χ2n) is 13.0. The van der Waals surface area contributed by atoms with E-state index in [0.717, 1.165) is 77.2 Å². The first-order valence-corrected chi connectivity index (χ1v) is 15.9. The average Bonchev–Trinajstić information content (AvgIpc) is 3.76. The van der Waals surface area contributed by atoms with E-state index in [1.54, 1.807) is 0 Å². The van der Waals surface area contributed by atoms with Crippen molar-refractivity contribution in [2.24, 2.45) is 0 Å². The summed E-state index contributed by atoms with van der Waals surface area (Å²) in [6.45, 7) is 4.49. The van der Waals surface area contributed by atoms with E-state index < -0.39 is 0 Å². The highest BCUT2D eigenvalue weighted by Gasteiger charge is 2.35. The number of nitrogens with zero attached hydrogens (tertiary/aromatic N) is 2. The van der Waals surface area contributed by atoms with Crippen molar-refractivity contribution in [3.63, 3.8) is 0 Å². The first-order chi connectivity index (χ1) is 23.0. The Hall–Kier alpha value is -6.18. The molecule has 0 unspecified atom stereocenters. The maximum absolute atomic E-state index is 9.52. The topological polar surface area (TPSA) is 63.0 Å². The zero-order valence-corrected chi connectivity index (χ0v) is 25.8. The molecule has 1 aliphatic carbocycles. The van der Waals surface area contributed by atoms with Crippen molar-refractivity contribution in [1.82, 2.24) is 4.98 Å². The van der Waals surface area contributed by atoms with Crippen LogP contribution in [-0.4, -0.2) is 4.98 Å². The van der Waals surface area contributed by atoms with Gasteiger partial charge in [0.15, 0.2) is 5.58 Å². The maximum Gasteiger partial charge on any atom is 0.161 e. The molecule has 0 atom stereocenters. The Labute approximate surface area is 270 Å². The number of nitriles is 1. The Morgan fingerprint density at radius 1 is 0.574 bits per heavy atom. The van der Waals surface area contributed by atoms with E-state index in [-0.39, 0.29) is 5.41 Å². The second kappa shape index (κ2) is 9.19. The van der Waals surface area contributed by atoms with E-state index >= 15 is 0 Å². The number of furan rings is 2. The molecule has 4 heteroatoms. The van der Waals surface area contributed by atoms with Crippen molar-refractivity contribution in [2.45, 2.75) is 19.3 Å². The molecule has 0 aliphatic heterocycles. The number of rotatable bonds is 2. The van der Waals surface area contributed by atoms with E-state index in [1.807, 2.05) is 48.5 Å². The highest BCUT2D eigenvalue weighted by molar-refractivity contribution is 6.24. The molecular weight excluding hydrogens is 576 g/mol. The summed E-state index contributed by atoms with van der Waals surface area (Å²) in [5.41, 5.74) is 13.7. The number of fused-ring (bicyclic) bond motifs is 12. The van der Waals surface area contributed by atoms with Crippen LogP contribution in [0.2, 0.25) is 0 Å². The van der Waals surface area contributed by atoms with Crippen molar-refractivity contribution < 1.29 is 8.83 Å². The van der Waals surface area contributed by atoms with Gasteiger partial charge in [0.2, 0.25) is 0 Å². The van der Waals surface area contributed by atoms with Crippen LogP contribution in [0.25, 0.3) is 88.3 Å². The van der Waals surface area contributed by atoms with E-state index in [4.69, 9.17) is 13.8 Å². The molecule has 3 aromatic heterocycles. The summed E-state index contributed by atoms with van der Waals surface area (Å²) in [6.07, 6.45) is 0. The molecule has 0 bridgehead atoms. The van der Waals surface area contributed by atoms with Crippen molar-refractivity contribution >= 4 is 54.8 Å². The van der Waals surface area contributed by atoms with Gasteiger partial charge in [0.05, 0.1) is 22.7 Å². The first-order valence-electron chi connectivity index (χ1n) is 15.9. The van der Waals surface area contributed by atoms with Crippen LogP contribution in [0, 0.1) is 11.3 Å². The molecule has 0 radical (unpaired) electrons. The van der Waals surface area contributed by atoms with Gasteiger partial charge in [0.1, 0.15) is 22.3 Å². The summed E-state index contributed by atoms with van der Waals surface area (Å²) in [6, 6.07) is 44.3. The van der Waals surface area contributed by atoms with E-state index in [9.17, 15) is 5.26 Å². The van der Waals surface area contributed by atoms with Crippen LogP contribution in [-0.2, 0) is 5.41 Å². The molecule has 47 heavy (non-hydrogen) atoms. The Kier molecular flexibility index (Phi) is 5.10. The quantitative estimate of drug-likeness (QED) is 0.197. The highest BCUT2D eigenvalue weighted by atomic mass is 16.3. The number of hydrogen-bond donors (Lipinski definition) is 0. The van der Waals surface area contributed by atoms with Crippen LogP contribution < -0.4 is 0 Å². The maximum atomic E-state index is 9.52. The molecule has 9 aromatic rings. The summed E-state index contributed by atoms with van der Waals surface area (Å²) in [7, 11) is 0. The van der Waals surface area contributed by atoms with Gasteiger partial charge in [0, 0.05) is 32.5 Å². The van der Waals surface area contributed by atoms with Crippen LogP contribution in [0.5, 0.6) is 0 Å². The third kappa shape index (κ3) is 3.54. The van der Waals surface area contributed by atoms with Crippen LogP contribution in [0.1, 0.15) is 30.5 Å². The van der Waals surface area contributed by atoms with Gasteiger partial charge >= 0.3 is 0 Å². The molecule has 10 rings (SSSR count). The number of hydrogen-bond acceptors (Lipinski definition) is 4. The Morgan fingerprint density at radius 2 is 1.19 bits per heavy atom. The Morgan fingerprint density at radius 3 is 1.98 bits per heavy atom. The third-order valence-corrected chi connectivity index (χ3v) is 10.1. The molecule has 220 valence electrons. The number of para-hydroxylation sites is 2. The number of benzene rings is 6. The van der Waals surface area contributed by atoms with Gasteiger partial charge in [-0.3, -0.25) is 0 Å². The average molecular weight is 603 g/mol. The fourth-order valence-corrected chi connectivity index (χ4v) is 7.72. The number of pyridine rings is 1. The monoisotopic (exact) mass is 602 g/mol. The molecule has 3 heterocycles. The normalized spacial score (nSPS) is 13.5. The van der Waals surface area contributed by atoms with Gasteiger partial charge in [-0.25, -0.2) is 4.98 Å². The standard InChI is InChI=1S/C43H26N2O2/c1-43(2)34-21-24(23-44)11-17-28(34)29-18-16-27(22-35(29)43)25-12-14-26(15-13-25)39-38-32-8-4-6-10-37(32)46-41(38)33-20-19-31-30-7-3-5-9-36(30)47-42(31)40(33)45-39/h3-22H,1-2H3. The smallest absolute Gasteiger partial charge is 0.161 e. The zero-order valence-electron chi connectivity index (χ0n) is 25.8. The minimum Gasteiger partial charge on any atom is -0.455 e. The molecular formula is C43H26N2O2. The van der Waals surface area contributed by atoms with Crippen LogP contribution in [0.15, 0.2) is 130 Å². The molecule has 0 saturated heterocycles. The summed E-state index contributed by atoms with van der Waals surface area (Å²) >= 11 is 0. The minimum absolute atomic E-state index is 0.196. The van der Waals surface area contributed by atoms with Gasteiger partial charge in [-0.1, -0.05) is 92.7 Å². The summed E-state index contributed by atoms with van der Waals surface area (Å²) in [5, 5.41) is 14.6. The van der Waals surface area contributed by atoms with Crippen molar-refractivity contribution in [3.8, 4) is 39.6 Å². The summed E-state index contributed by atoms with van der Waals surface area (Å²) < 4.78 is 13.0. The van der Waals surface area contributed by atoms with Crippen molar-refractivity contribution in [1.29, 1.82) is 5.26 Å². The summed E-state index contributed by atoms with van der Waals surface area (Å²) in [5.74, 6) is 0. The Bertz CT molecular complexity index is 2830. The van der Waals surface area contributed by atoms with Crippen molar-refractivity contribution in [3.05, 3.63) is 138 Å². The van der Waals surface area contributed by atoms with Crippen LogP contribution in [0.3, 0.4) is 0 Å². The van der Waals surface area contributed by atoms with E-state index in [0.29, 0.717) is 5.56 Å². The minimum atomic E-state index is -0.196. The molecule has 0 N–H and O–H groups in total. The largest absolute Gasteiger partial charge is 0.455 e. The fraction of sp³-hybridized carbons (Fsp3) is 0.0698. The first kappa shape index (κ1) is 26.1. The van der Waals surface area contributed by atoms with Gasteiger partial charge < -0.3 is 8.83 Å². The fourth-order valence-electron chi connectivity index (χ4n) is 7.72. The molecule has 0 spiro atoms. The predicted molar refractivity (Wildman–Crippen MR) is 189 cm³/mol. The van der Waals surface area contributed by atoms with Crippen LogP contribution >= 0.6 is 0 Å². The molecule has 0 saturated carbocycles. The van der Waals surface area contributed by atoms with Gasteiger partial charge in [-0.2, -0.15) is 5.26 Å². The molecule has 0 amide bonds. The second-order valence-corrected chi connectivity index (χ2v) is 13.0. The SMILES string of the molecule is CC1(C)c2cc(C#N)ccc2-c2ccc(-c3ccc(-c4nc5c(ccc6c7ccccc7oc65)c5oc6ccccc6c45)cc3)cc21. The van der Waals surface area contributed by atoms with Crippen LogP contribution in [0.4, 0.5) is 0 Å². The molecule has 1 aliphatic rings. The third-order valence-electron chi connectivity index (χ3n) is 10.1. The lowest BCUT2D eigenvalue weighted by molar-refractivity contribution is 0.660. The molecule has 4 nitrogen and oxygen atoms in total.